The van der Waals surface area contributed by atoms with E-state index in [1.807, 2.05) is 6.07 Å². The third-order valence-corrected chi connectivity index (χ3v) is 2.81. The van der Waals surface area contributed by atoms with E-state index in [0.717, 1.165) is 11.6 Å². The van der Waals surface area contributed by atoms with Gasteiger partial charge in [0.2, 0.25) is 0 Å². The van der Waals surface area contributed by atoms with E-state index in [1.165, 1.54) is 0 Å². The summed E-state index contributed by atoms with van der Waals surface area (Å²) >= 11 is 0. The summed E-state index contributed by atoms with van der Waals surface area (Å²) in [5.41, 5.74) is 1.84. The maximum Gasteiger partial charge on any atom is 0.328 e. The van der Waals surface area contributed by atoms with E-state index in [-0.39, 0.29) is 5.78 Å². The van der Waals surface area contributed by atoms with E-state index in [2.05, 4.69) is 0 Å². The molecule has 0 radical (unpaired) electrons. The average Bonchev–Trinajstić information content (AvgIpc) is 2.32. The Kier molecular flexibility index (Phi) is 2.95. The number of benzene rings is 1. The van der Waals surface area contributed by atoms with Crippen molar-refractivity contribution < 1.29 is 19.4 Å². The number of aryl methyl sites for hydroxylation is 1. The van der Waals surface area contributed by atoms with Crippen molar-refractivity contribution in [2.45, 2.75) is 12.8 Å². The second-order valence-corrected chi connectivity index (χ2v) is 3.86. The Labute approximate surface area is 98.5 Å². The third kappa shape index (κ3) is 2.20. The minimum atomic E-state index is -1.08. The molecule has 4 nitrogen and oxygen atoms in total. The predicted octanol–water partition coefficient (Wildman–Crippen LogP) is 1.84. The van der Waals surface area contributed by atoms with E-state index in [1.54, 1.807) is 19.2 Å². The van der Waals surface area contributed by atoms with Gasteiger partial charge in [0.1, 0.15) is 5.75 Å². The highest BCUT2D eigenvalue weighted by Gasteiger charge is 2.22. The zero-order valence-corrected chi connectivity index (χ0v) is 9.40. The lowest BCUT2D eigenvalue weighted by molar-refractivity contribution is -0.131. The summed E-state index contributed by atoms with van der Waals surface area (Å²) < 4.78 is 5.09. The Morgan fingerprint density at radius 2 is 2.18 bits per heavy atom. The lowest BCUT2D eigenvalue weighted by Gasteiger charge is -2.17. The molecule has 0 aliphatic heterocycles. The summed E-state index contributed by atoms with van der Waals surface area (Å²) in [6, 6.07) is 5.22. The number of methoxy groups -OCH3 is 1. The Balaban J connectivity index is 2.40. The van der Waals surface area contributed by atoms with Crippen molar-refractivity contribution in [2.75, 3.05) is 7.11 Å². The highest BCUT2D eigenvalue weighted by atomic mass is 16.5. The van der Waals surface area contributed by atoms with Crippen molar-refractivity contribution in [2.24, 2.45) is 0 Å². The van der Waals surface area contributed by atoms with E-state index in [4.69, 9.17) is 9.84 Å². The second-order valence-electron chi connectivity index (χ2n) is 3.86. The number of carboxylic acid groups (broad SMARTS) is 1. The first-order valence-electron chi connectivity index (χ1n) is 5.27. The zero-order valence-electron chi connectivity index (χ0n) is 9.40. The zero-order chi connectivity index (χ0) is 12.4. The van der Waals surface area contributed by atoms with Gasteiger partial charge in [-0.25, -0.2) is 4.79 Å². The van der Waals surface area contributed by atoms with E-state index in [0.29, 0.717) is 29.7 Å². The summed E-state index contributed by atoms with van der Waals surface area (Å²) in [6.07, 6.45) is 2.12. The average molecular weight is 232 g/mol. The number of aliphatic carboxylic acids is 1. The number of ether oxygens (including phenoxy) is 1. The molecule has 0 spiro atoms. The molecule has 1 aliphatic carbocycles. The molecule has 1 aromatic rings. The molecular formula is C13H12O4. The van der Waals surface area contributed by atoms with Gasteiger partial charge in [-0.1, -0.05) is 0 Å². The molecule has 4 heteroatoms. The molecule has 0 unspecified atom stereocenters. The highest BCUT2D eigenvalue weighted by Crippen LogP contribution is 2.28. The van der Waals surface area contributed by atoms with Gasteiger partial charge >= 0.3 is 5.97 Å². The molecule has 0 aromatic heterocycles. The van der Waals surface area contributed by atoms with Crippen LogP contribution in [0.4, 0.5) is 0 Å². The van der Waals surface area contributed by atoms with Gasteiger partial charge in [-0.3, -0.25) is 4.79 Å². The predicted molar refractivity (Wildman–Crippen MR) is 61.4 cm³/mol. The summed E-state index contributed by atoms with van der Waals surface area (Å²) in [6.45, 7) is 0. The topological polar surface area (TPSA) is 63.6 Å². The summed E-state index contributed by atoms with van der Waals surface area (Å²) in [7, 11) is 1.57. The Morgan fingerprint density at radius 3 is 2.82 bits per heavy atom. The molecule has 1 N–H and O–H groups in total. The molecule has 0 saturated carbocycles. The summed E-state index contributed by atoms with van der Waals surface area (Å²) in [5.74, 6) is -0.566. The Morgan fingerprint density at radius 1 is 1.41 bits per heavy atom. The van der Waals surface area contributed by atoms with Crippen molar-refractivity contribution >= 4 is 11.8 Å². The minimum Gasteiger partial charge on any atom is -0.497 e. The lowest BCUT2D eigenvalue weighted by Crippen LogP contribution is -2.15. The molecular weight excluding hydrogens is 220 g/mol. The van der Waals surface area contributed by atoms with Crippen LogP contribution >= 0.6 is 0 Å². The molecule has 0 heterocycles. The van der Waals surface area contributed by atoms with E-state index < -0.39 is 5.97 Å². The van der Waals surface area contributed by atoms with Crippen LogP contribution in [0, 0.1) is 0 Å². The molecule has 0 atom stereocenters. The van der Waals surface area contributed by atoms with E-state index in [9.17, 15) is 9.59 Å². The molecule has 1 aromatic carbocycles. The third-order valence-electron chi connectivity index (χ3n) is 2.81. The molecule has 0 fully saturated rings. The van der Waals surface area contributed by atoms with Crippen molar-refractivity contribution in [3.05, 3.63) is 41.0 Å². The van der Waals surface area contributed by atoms with E-state index >= 15 is 0 Å². The standard InChI is InChI=1S/C13H12O4/c1-17-10-4-5-11-8(6-10)2-3-9(13(11)16)7-12(14)15/h4-7H,2-3H2,1H3,(H,14,15). The normalized spacial score (nSPS) is 16.8. The van der Waals surface area contributed by atoms with Crippen molar-refractivity contribution in [3.8, 4) is 5.75 Å². The number of allylic oxidation sites excluding steroid dienone is 1. The number of hydrogen-bond acceptors (Lipinski definition) is 3. The number of carbonyl (C=O) groups excluding carboxylic acids is 1. The number of Topliss-reactive ketones (excluding diaryl/α,β-unsaturated/α-hetero) is 1. The van der Waals surface area contributed by atoms with Crippen LogP contribution < -0.4 is 4.74 Å². The number of ketones is 1. The van der Waals surface area contributed by atoms with Gasteiger partial charge in [0.05, 0.1) is 7.11 Å². The first-order chi connectivity index (χ1) is 8.11. The van der Waals surface area contributed by atoms with Gasteiger partial charge in [-0.2, -0.15) is 0 Å². The van der Waals surface area contributed by atoms with Crippen molar-refractivity contribution in [3.63, 3.8) is 0 Å². The molecule has 0 amide bonds. The fourth-order valence-electron chi connectivity index (χ4n) is 1.97. The van der Waals surface area contributed by atoms with Crippen molar-refractivity contribution in [1.29, 1.82) is 0 Å². The van der Waals surface area contributed by atoms with Crippen LogP contribution in [0.1, 0.15) is 22.3 Å². The van der Waals surface area contributed by atoms with Crippen LogP contribution in [0.5, 0.6) is 5.75 Å². The summed E-state index contributed by atoms with van der Waals surface area (Å²) in [5, 5.41) is 8.67. The van der Waals surface area contributed by atoms with Crippen LogP contribution in [0.25, 0.3) is 0 Å². The van der Waals surface area contributed by atoms with Crippen LogP contribution in [-0.4, -0.2) is 24.0 Å². The van der Waals surface area contributed by atoms with Crippen LogP contribution in [0.3, 0.4) is 0 Å². The smallest absolute Gasteiger partial charge is 0.328 e. The molecule has 0 saturated heterocycles. The van der Waals surface area contributed by atoms with Crippen LogP contribution in [0.15, 0.2) is 29.8 Å². The second kappa shape index (κ2) is 4.41. The minimum absolute atomic E-state index is 0.198. The van der Waals surface area contributed by atoms with Gasteiger partial charge in [0.25, 0.3) is 0 Å². The van der Waals surface area contributed by atoms with Crippen LogP contribution in [0.2, 0.25) is 0 Å². The fourth-order valence-corrected chi connectivity index (χ4v) is 1.97. The lowest BCUT2D eigenvalue weighted by atomic mass is 9.86. The van der Waals surface area contributed by atoms with Gasteiger partial charge < -0.3 is 9.84 Å². The van der Waals surface area contributed by atoms with Gasteiger partial charge in [-0.15, -0.1) is 0 Å². The SMILES string of the molecule is COc1ccc2c(c1)CCC(=CC(=O)O)C2=O. The van der Waals surface area contributed by atoms with Crippen molar-refractivity contribution in [1.82, 2.24) is 0 Å². The highest BCUT2D eigenvalue weighted by molar-refractivity contribution is 6.12. The maximum atomic E-state index is 12.0. The van der Waals surface area contributed by atoms with Crippen LogP contribution in [-0.2, 0) is 11.2 Å². The number of carboxylic acids is 1. The molecule has 88 valence electrons. The number of rotatable bonds is 2. The monoisotopic (exact) mass is 232 g/mol. The van der Waals surface area contributed by atoms with Gasteiger partial charge in [-0.05, 0) is 36.6 Å². The first kappa shape index (κ1) is 11.4. The first-order valence-corrected chi connectivity index (χ1v) is 5.27. The molecule has 2 rings (SSSR count). The Hall–Kier alpha value is -2.10. The molecule has 17 heavy (non-hydrogen) atoms. The summed E-state index contributed by atoms with van der Waals surface area (Å²) in [4.78, 5) is 22.6. The molecule has 0 bridgehead atoms. The number of carbonyl (C=O) groups is 2. The largest absolute Gasteiger partial charge is 0.497 e. The Bertz CT molecular complexity index is 514. The quantitative estimate of drug-likeness (QED) is 0.790. The maximum absolute atomic E-state index is 12.0. The number of fused-ring (bicyclic) bond motifs is 1. The number of hydrogen-bond donors (Lipinski definition) is 1. The van der Waals surface area contributed by atoms with Gasteiger partial charge in [0.15, 0.2) is 5.78 Å². The molecule has 1 aliphatic rings. The van der Waals surface area contributed by atoms with Gasteiger partial charge in [0, 0.05) is 17.2 Å². The fraction of sp³-hybridized carbons (Fsp3) is 0.231.